The molecule has 0 aromatic heterocycles. The molecule has 0 aliphatic rings. The molecule has 0 bridgehead atoms. The lowest BCUT2D eigenvalue weighted by molar-refractivity contribution is 0.0697. The van der Waals surface area contributed by atoms with Crippen molar-refractivity contribution in [1.29, 1.82) is 0 Å². The number of nitrogens with one attached hydrogen (secondary N) is 1. The number of benzene rings is 2. The van der Waals surface area contributed by atoms with Crippen molar-refractivity contribution in [3.63, 3.8) is 0 Å². The second-order valence-corrected chi connectivity index (χ2v) is 6.33. The molecule has 0 unspecified atom stereocenters. The summed E-state index contributed by atoms with van der Waals surface area (Å²) < 4.78 is 27.5. The molecule has 0 radical (unpaired) electrons. The van der Waals surface area contributed by atoms with Crippen LogP contribution in [-0.2, 0) is 0 Å². The fourth-order valence-electron chi connectivity index (χ4n) is 1.74. The molecule has 2 aromatic rings. The molecule has 0 aliphatic carbocycles. The van der Waals surface area contributed by atoms with Crippen LogP contribution in [0.25, 0.3) is 0 Å². The Morgan fingerprint density at radius 1 is 1.32 bits per heavy atom. The number of aromatic carboxylic acids is 1. The number of rotatable bonds is 4. The topological polar surface area (TPSA) is 49.3 Å². The zero-order valence-corrected chi connectivity index (χ0v) is 14.2. The van der Waals surface area contributed by atoms with Gasteiger partial charge in [0, 0.05) is 4.90 Å². The Balaban J connectivity index is 2.53. The molecule has 0 saturated heterocycles. The molecular formula is C14H9BrClF2NO2S. The van der Waals surface area contributed by atoms with Gasteiger partial charge in [0.05, 0.1) is 26.4 Å². The number of carboxylic acids is 1. The van der Waals surface area contributed by atoms with E-state index in [9.17, 15) is 13.6 Å². The second kappa shape index (κ2) is 6.85. The van der Waals surface area contributed by atoms with E-state index in [0.29, 0.717) is 0 Å². The Hall–Kier alpha value is -1.31. The quantitative estimate of drug-likeness (QED) is 0.515. The molecular weight excluding hydrogens is 400 g/mol. The standard InChI is InChI=1S/C14H9BrClF2NO2S/c1-22-6-2-3-10(9(16)4-6)19-13-7(14(20)21)5-8(15)11(17)12(13)18/h2-5,19H,1H3,(H,20,21). The molecule has 0 aliphatic heterocycles. The smallest absolute Gasteiger partial charge is 0.337 e. The molecule has 0 spiro atoms. The van der Waals surface area contributed by atoms with Crippen LogP contribution in [0.1, 0.15) is 10.4 Å². The maximum atomic E-state index is 14.1. The van der Waals surface area contributed by atoms with Crippen molar-refractivity contribution in [3.05, 3.63) is 51.0 Å². The number of halogens is 4. The van der Waals surface area contributed by atoms with Crippen LogP contribution >= 0.6 is 39.3 Å². The molecule has 2 rings (SSSR count). The first-order valence-electron chi connectivity index (χ1n) is 5.86. The van der Waals surface area contributed by atoms with Gasteiger partial charge in [-0.25, -0.2) is 13.6 Å². The Morgan fingerprint density at radius 2 is 2.00 bits per heavy atom. The minimum atomic E-state index is -1.39. The van der Waals surface area contributed by atoms with Gasteiger partial charge in [0.25, 0.3) is 0 Å². The van der Waals surface area contributed by atoms with E-state index in [2.05, 4.69) is 21.2 Å². The van der Waals surface area contributed by atoms with Crippen molar-refractivity contribution in [2.24, 2.45) is 0 Å². The van der Waals surface area contributed by atoms with Crippen molar-refractivity contribution < 1.29 is 18.7 Å². The second-order valence-electron chi connectivity index (χ2n) is 4.18. The summed E-state index contributed by atoms with van der Waals surface area (Å²) in [6, 6.07) is 5.93. The summed E-state index contributed by atoms with van der Waals surface area (Å²) in [5, 5.41) is 12.0. The molecule has 2 aromatic carbocycles. The zero-order valence-electron chi connectivity index (χ0n) is 11.1. The molecule has 0 fully saturated rings. The van der Waals surface area contributed by atoms with Crippen LogP contribution in [0.5, 0.6) is 0 Å². The van der Waals surface area contributed by atoms with Gasteiger partial charge in [0.2, 0.25) is 0 Å². The van der Waals surface area contributed by atoms with E-state index in [0.717, 1.165) is 11.0 Å². The largest absolute Gasteiger partial charge is 0.478 e. The average molecular weight is 409 g/mol. The Morgan fingerprint density at radius 3 is 2.55 bits per heavy atom. The van der Waals surface area contributed by atoms with Crippen molar-refractivity contribution in [2.45, 2.75) is 4.90 Å². The summed E-state index contributed by atoms with van der Waals surface area (Å²) in [6.07, 6.45) is 1.87. The highest BCUT2D eigenvalue weighted by atomic mass is 79.9. The summed E-state index contributed by atoms with van der Waals surface area (Å²) in [4.78, 5) is 12.1. The third kappa shape index (κ3) is 3.37. The fraction of sp³-hybridized carbons (Fsp3) is 0.0714. The predicted octanol–water partition coefficient (Wildman–Crippen LogP) is 5.54. The molecule has 8 heteroatoms. The van der Waals surface area contributed by atoms with Crippen LogP contribution in [0.4, 0.5) is 20.2 Å². The van der Waals surface area contributed by atoms with Crippen molar-refractivity contribution in [1.82, 2.24) is 0 Å². The minimum Gasteiger partial charge on any atom is -0.478 e. The summed E-state index contributed by atoms with van der Waals surface area (Å²) in [5.41, 5.74) is -0.606. The summed E-state index contributed by atoms with van der Waals surface area (Å²) in [6.45, 7) is 0. The number of thioether (sulfide) groups is 1. The van der Waals surface area contributed by atoms with Gasteiger partial charge in [-0.2, -0.15) is 0 Å². The maximum absolute atomic E-state index is 14.1. The van der Waals surface area contributed by atoms with E-state index in [1.54, 1.807) is 18.2 Å². The van der Waals surface area contributed by atoms with Crippen LogP contribution in [0, 0.1) is 11.6 Å². The number of hydrogen-bond donors (Lipinski definition) is 2. The molecule has 2 N–H and O–H groups in total. The summed E-state index contributed by atoms with van der Waals surface area (Å²) in [5.74, 6) is -3.86. The lowest BCUT2D eigenvalue weighted by Gasteiger charge is -2.14. The first kappa shape index (κ1) is 17.1. The molecule has 0 amide bonds. The van der Waals surface area contributed by atoms with Gasteiger partial charge in [-0.1, -0.05) is 11.6 Å². The van der Waals surface area contributed by atoms with Crippen LogP contribution in [0.15, 0.2) is 33.6 Å². The van der Waals surface area contributed by atoms with Crippen molar-refractivity contribution in [2.75, 3.05) is 11.6 Å². The van der Waals surface area contributed by atoms with E-state index >= 15 is 0 Å². The monoisotopic (exact) mass is 407 g/mol. The summed E-state index contributed by atoms with van der Waals surface area (Å²) in [7, 11) is 0. The molecule has 0 atom stereocenters. The number of carbonyl (C=O) groups is 1. The Labute approximate surface area is 142 Å². The Bertz CT molecular complexity index is 758. The van der Waals surface area contributed by atoms with Crippen molar-refractivity contribution >= 4 is 56.6 Å². The van der Waals surface area contributed by atoms with Crippen LogP contribution in [0.2, 0.25) is 5.02 Å². The Kier molecular flexibility index (Phi) is 5.31. The highest BCUT2D eigenvalue weighted by Gasteiger charge is 2.22. The molecule has 0 saturated carbocycles. The molecule has 0 heterocycles. The van der Waals surface area contributed by atoms with E-state index in [1.807, 2.05) is 6.26 Å². The first-order chi connectivity index (χ1) is 10.3. The lowest BCUT2D eigenvalue weighted by atomic mass is 10.1. The highest BCUT2D eigenvalue weighted by molar-refractivity contribution is 9.10. The maximum Gasteiger partial charge on any atom is 0.337 e. The summed E-state index contributed by atoms with van der Waals surface area (Å²) >= 11 is 10.3. The van der Waals surface area contributed by atoms with E-state index in [-0.39, 0.29) is 15.2 Å². The van der Waals surface area contributed by atoms with Crippen molar-refractivity contribution in [3.8, 4) is 0 Å². The average Bonchev–Trinajstić information content (AvgIpc) is 2.48. The first-order valence-corrected chi connectivity index (χ1v) is 8.26. The fourth-order valence-corrected chi connectivity index (χ4v) is 2.88. The third-order valence-corrected chi connectivity index (χ3v) is 4.44. The van der Waals surface area contributed by atoms with Gasteiger partial charge < -0.3 is 10.4 Å². The van der Waals surface area contributed by atoms with Gasteiger partial charge in [0.15, 0.2) is 11.6 Å². The highest BCUT2D eigenvalue weighted by Crippen LogP contribution is 2.34. The van der Waals surface area contributed by atoms with Gasteiger partial charge in [-0.05, 0) is 46.5 Å². The van der Waals surface area contributed by atoms with Gasteiger partial charge in [-0.3, -0.25) is 0 Å². The van der Waals surface area contributed by atoms with Gasteiger partial charge >= 0.3 is 5.97 Å². The van der Waals surface area contributed by atoms with E-state index < -0.39 is 28.9 Å². The van der Waals surface area contributed by atoms with E-state index in [4.69, 9.17) is 16.7 Å². The van der Waals surface area contributed by atoms with Gasteiger partial charge in [-0.15, -0.1) is 11.8 Å². The molecule has 116 valence electrons. The predicted molar refractivity (Wildman–Crippen MR) is 87.5 cm³/mol. The number of anilines is 2. The lowest BCUT2D eigenvalue weighted by Crippen LogP contribution is -2.07. The van der Waals surface area contributed by atoms with Gasteiger partial charge in [0.1, 0.15) is 0 Å². The zero-order chi connectivity index (χ0) is 16.4. The SMILES string of the molecule is CSc1ccc(Nc2c(C(=O)O)cc(Br)c(F)c2F)c(Cl)c1. The van der Waals surface area contributed by atoms with Crippen LogP contribution in [-0.4, -0.2) is 17.3 Å². The van der Waals surface area contributed by atoms with Crippen LogP contribution < -0.4 is 5.32 Å². The molecule has 22 heavy (non-hydrogen) atoms. The van der Waals surface area contributed by atoms with E-state index in [1.165, 1.54) is 11.8 Å². The number of carboxylic acid groups (broad SMARTS) is 1. The number of hydrogen-bond acceptors (Lipinski definition) is 3. The normalized spacial score (nSPS) is 10.6. The van der Waals surface area contributed by atoms with Crippen LogP contribution in [0.3, 0.4) is 0 Å². The molecule has 3 nitrogen and oxygen atoms in total. The third-order valence-electron chi connectivity index (χ3n) is 2.83. The minimum absolute atomic E-state index is 0.267.